The molecule has 0 unspecified atom stereocenters. The quantitative estimate of drug-likeness (QED) is 0.327. The van der Waals surface area contributed by atoms with E-state index in [0.717, 1.165) is 4.90 Å². The largest absolute Gasteiger partial charge is 0.486 e. The van der Waals surface area contributed by atoms with E-state index in [1.807, 2.05) is 30.3 Å². The number of carbonyl (C=O) groups excluding carboxylic acids is 2. The van der Waals surface area contributed by atoms with Crippen LogP contribution in [-0.4, -0.2) is 41.7 Å². The van der Waals surface area contributed by atoms with Crippen molar-refractivity contribution in [2.75, 3.05) is 23.1 Å². The van der Waals surface area contributed by atoms with Crippen molar-refractivity contribution in [1.29, 1.82) is 0 Å². The van der Waals surface area contributed by atoms with Crippen molar-refractivity contribution in [3.63, 3.8) is 0 Å². The Labute approximate surface area is 199 Å². The summed E-state index contributed by atoms with van der Waals surface area (Å²) in [5, 5.41) is 17.3. The number of nitro benzene ring substituents is 1. The van der Waals surface area contributed by atoms with Crippen LogP contribution >= 0.6 is 0 Å². The summed E-state index contributed by atoms with van der Waals surface area (Å²) in [6.07, 6.45) is 0. The molecule has 3 aliphatic heterocycles. The smallest absolute Gasteiger partial charge is 0.269 e. The van der Waals surface area contributed by atoms with Crippen molar-refractivity contribution in [2.45, 2.75) is 6.04 Å². The van der Waals surface area contributed by atoms with E-state index in [-0.39, 0.29) is 5.69 Å². The molecule has 0 aromatic heterocycles. The zero-order valence-electron chi connectivity index (χ0n) is 18.2. The first-order valence-corrected chi connectivity index (χ1v) is 11.0. The minimum absolute atomic E-state index is 0.0736. The third kappa shape index (κ3) is 3.30. The van der Waals surface area contributed by atoms with Gasteiger partial charge in [-0.3, -0.25) is 24.7 Å². The first-order chi connectivity index (χ1) is 17.0. The van der Waals surface area contributed by atoms with Gasteiger partial charge in [-0.25, -0.2) is 4.90 Å². The fourth-order valence-electron chi connectivity index (χ4n) is 4.63. The molecule has 0 radical (unpaired) electrons. The Kier molecular flexibility index (Phi) is 4.73. The molecule has 0 N–H and O–H groups in total. The third-order valence-corrected chi connectivity index (χ3v) is 6.23. The van der Waals surface area contributed by atoms with Crippen LogP contribution in [0.3, 0.4) is 0 Å². The lowest BCUT2D eigenvalue weighted by molar-refractivity contribution is -0.384. The van der Waals surface area contributed by atoms with Gasteiger partial charge >= 0.3 is 0 Å². The molecule has 3 aromatic rings. The number of hydrogen-bond acceptors (Lipinski definition) is 8. The molecule has 3 heterocycles. The van der Waals surface area contributed by atoms with Gasteiger partial charge in [-0.15, -0.1) is 0 Å². The standard InChI is InChI=1S/C25H18N4O6/c30-24-21-22(15-6-8-17(9-7-15)29(32)33)26-28(16-4-2-1-3-5-16)23(21)25(31)27(24)18-10-11-19-20(14-18)35-13-12-34-19/h1-11,14,21,23H,12-13H2/t21-,23-/m0/s1. The normalized spacial score (nSPS) is 20.6. The summed E-state index contributed by atoms with van der Waals surface area (Å²) in [7, 11) is 0. The number of amides is 2. The van der Waals surface area contributed by atoms with Crippen LogP contribution < -0.4 is 19.4 Å². The molecule has 6 rings (SSSR count). The second-order valence-electron chi connectivity index (χ2n) is 8.23. The molecule has 0 spiro atoms. The van der Waals surface area contributed by atoms with E-state index in [9.17, 15) is 19.7 Å². The SMILES string of the molecule is O=C1[C@H]2C(c3ccc([N+](=O)[O-])cc3)=NN(c3ccccc3)[C@@H]2C(=O)N1c1ccc2c(c1)OCCO2. The van der Waals surface area contributed by atoms with Crippen molar-refractivity contribution >= 4 is 34.6 Å². The number of nitrogens with zero attached hydrogens (tertiary/aromatic N) is 4. The van der Waals surface area contributed by atoms with Crippen LogP contribution in [0.25, 0.3) is 0 Å². The number of para-hydroxylation sites is 1. The molecule has 1 fully saturated rings. The van der Waals surface area contributed by atoms with Crippen LogP contribution in [-0.2, 0) is 9.59 Å². The Balaban J connectivity index is 1.43. The predicted molar refractivity (Wildman–Crippen MR) is 126 cm³/mol. The van der Waals surface area contributed by atoms with Crippen molar-refractivity contribution in [3.05, 3.63) is 88.5 Å². The van der Waals surface area contributed by atoms with Gasteiger partial charge in [0.05, 0.1) is 22.0 Å². The highest BCUT2D eigenvalue weighted by Crippen LogP contribution is 2.41. The maximum atomic E-state index is 13.7. The van der Waals surface area contributed by atoms with E-state index in [1.54, 1.807) is 35.3 Å². The summed E-state index contributed by atoms with van der Waals surface area (Å²) in [6.45, 7) is 0.807. The van der Waals surface area contributed by atoms with E-state index < -0.39 is 28.7 Å². The van der Waals surface area contributed by atoms with E-state index in [0.29, 0.717) is 47.4 Å². The molecule has 10 heteroatoms. The number of non-ortho nitro benzene ring substituents is 1. The number of imide groups is 1. The van der Waals surface area contributed by atoms with Crippen LogP contribution in [0.2, 0.25) is 0 Å². The van der Waals surface area contributed by atoms with Crippen molar-refractivity contribution in [1.82, 2.24) is 0 Å². The van der Waals surface area contributed by atoms with E-state index >= 15 is 0 Å². The number of carbonyl (C=O) groups is 2. The Morgan fingerprint density at radius 3 is 2.29 bits per heavy atom. The molecular formula is C25H18N4O6. The second-order valence-corrected chi connectivity index (χ2v) is 8.23. The first-order valence-electron chi connectivity index (χ1n) is 11.0. The minimum atomic E-state index is -0.886. The Bertz CT molecular complexity index is 1390. The molecule has 35 heavy (non-hydrogen) atoms. The number of fused-ring (bicyclic) bond motifs is 2. The zero-order valence-corrected chi connectivity index (χ0v) is 18.2. The zero-order chi connectivity index (χ0) is 24.1. The number of nitro groups is 1. The highest BCUT2D eigenvalue weighted by Gasteiger charge is 2.57. The molecule has 10 nitrogen and oxygen atoms in total. The lowest BCUT2D eigenvalue weighted by Gasteiger charge is -2.23. The average molecular weight is 470 g/mol. The topological polar surface area (TPSA) is 115 Å². The van der Waals surface area contributed by atoms with Gasteiger partial charge in [0.1, 0.15) is 25.2 Å². The lowest BCUT2D eigenvalue weighted by atomic mass is 9.92. The highest BCUT2D eigenvalue weighted by atomic mass is 16.6. The molecule has 0 bridgehead atoms. The van der Waals surface area contributed by atoms with E-state index in [4.69, 9.17) is 9.47 Å². The van der Waals surface area contributed by atoms with Crippen molar-refractivity contribution in [3.8, 4) is 11.5 Å². The lowest BCUT2D eigenvalue weighted by Crippen LogP contribution is -2.39. The number of benzene rings is 3. The van der Waals surface area contributed by atoms with Crippen molar-refractivity contribution < 1.29 is 24.0 Å². The summed E-state index contributed by atoms with van der Waals surface area (Å²) in [4.78, 5) is 39.2. The summed E-state index contributed by atoms with van der Waals surface area (Å²) in [5.74, 6) is -0.695. The third-order valence-electron chi connectivity index (χ3n) is 6.23. The van der Waals surface area contributed by atoms with Gasteiger partial charge in [0.15, 0.2) is 11.5 Å². The highest BCUT2D eigenvalue weighted by molar-refractivity contribution is 6.34. The van der Waals surface area contributed by atoms with Crippen LogP contribution in [0, 0.1) is 16.0 Å². The molecule has 0 saturated carbocycles. The van der Waals surface area contributed by atoms with Gasteiger partial charge in [-0.05, 0) is 42.0 Å². The molecule has 2 amide bonds. The molecule has 3 aromatic carbocycles. The minimum Gasteiger partial charge on any atom is -0.486 e. The molecular weight excluding hydrogens is 452 g/mol. The number of rotatable bonds is 4. The van der Waals surface area contributed by atoms with Crippen molar-refractivity contribution in [2.24, 2.45) is 11.0 Å². The second kappa shape index (κ2) is 7.94. The fourth-order valence-corrected chi connectivity index (χ4v) is 4.63. The van der Waals surface area contributed by atoms with Gasteiger partial charge in [0, 0.05) is 18.2 Å². The van der Waals surface area contributed by atoms with Crippen LogP contribution in [0.5, 0.6) is 11.5 Å². The van der Waals surface area contributed by atoms with Gasteiger partial charge in [0.25, 0.3) is 11.6 Å². The molecule has 174 valence electrons. The van der Waals surface area contributed by atoms with E-state index in [2.05, 4.69) is 5.10 Å². The summed E-state index contributed by atoms with van der Waals surface area (Å²) in [5.41, 5.74) is 1.89. The van der Waals surface area contributed by atoms with Gasteiger partial charge in [0.2, 0.25) is 5.91 Å². The maximum Gasteiger partial charge on any atom is 0.269 e. The van der Waals surface area contributed by atoms with Gasteiger partial charge in [-0.1, -0.05) is 18.2 Å². The first kappa shape index (κ1) is 20.8. The predicted octanol–water partition coefficient (Wildman–Crippen LogP) is 3.15. The van der Waals surface area contributed by atoms with Gasteiger partial charge in [-0.2, -0.15) is 5.10 Å². The Hall–Kier alpha value is -4.73. The summed E-state index contributed by atoms with van der Waals surface area (Å²) in [6, 6.07) is 19.0. The Morgan fingerprint density at radius 2 is 1.57 bits per heavy atom. The fraction of sp³-hybridized carbons (Fsp3) is 0.160. The maximum absolute atomic E-state index is 13.7. The number of hydrazone groups is 1. The van der Waals surface area contributed by atoms with E-state index in [1.165, 1.54) is 12.1 Å². The number of hydrogen-bond donors (Lipinski definition) is 0. The van der Waals surface area contributed by atoms with Crippen LogP contribution in [0.15, 0.2) is 77.9 Å². The average Bonchev–Trinajstić information content (AvgIpc) is 3.41. The molecule has 3 aliphatic rings. The summed E-state index contributed by atoms with van der Waals surface area (Å²) < 4.78 is 11.2. The number of anilines is 2. The summed E-state index contributed by atoms with van der Waals surface area (Å²) >= 11 is 0. The number of ether oxygens (including phenoxy) is 2. The molecule has 1 saturated heterocycles. The monoisotopic (exact) mass is 470 g/mol. The van der Waals surface area contributed by atoms with Crippen LogP contribution in [0.4, 0.5) is 17.1 Å². The molecule has 0 aliphatic carbocycles. The van der Waals surface area contributed by atoms with Gasteiger partial charge < -0.3 is 9.47 Å². The van der Waals surface area contributed by atoms with Crippen LogP contribution in [0.1, 0.15) is 5.56 Å². The molecule has 2 atom stereocenters. The Morgan fingerprint density at radius 1 is 0.857 bits per heavy atom.